The first kappa shape index (κ1) is 41.1. The van der Waals surface area contributed by atoms with Crippen molar-refractivity contribution >= 4 is 10.1 Å². The molecule has 0 saturated carbocycles. The molecule has 0 fully saturated rings. The molecule has 0 aliphatic heterocycles. The van der Waals surface area contributed by atoms with Gasteiger partial charge in [-0.3, -0.25) is 9.47 Å². The molecule has 0 radical (unpaired) electrons. The van der Waals surface area contributed by atoms with E-state index in [1.54, 1.807) is 0 Å². The summed E-state index contributed by atoms with van der Waals surface area (Å²) in [6.45, 7) is 0. The average Bonchev–Trinajstić information content (AvgIpc) is 2.55. The number of alkyl halides is 21. The van der Waals surface area contributed by atoms with Crippen molar-refractivity contribution in [1.29, 1.82) is 0 Å². The number of halogens is 21. The van der Waals surface area contributed by atoms with Crippen LogP contribution in [0.4, 0.5) is 92.2 Å². The normalized spacial score (nSPS) is 18.7. The Balaban J connectivity index is 0. The van der Waals surface area contributed by atoms with Gasteiger partial charge in [0.15, 0.2) is 10.1 Å². The van der Waals surface area contributed by atoms with Crippen LogP contribution in [-0.4, -0.2) is 72.9 Å². The van der Waals surface area contributed by atoms with Crippen molar-refractivity contribution in [2.24, 2.45) is 0 Å². The topological polar surface area (TPSA) is 84.9 Å². The Morgan fingerprint density at radius 1 is 0.410 bits per heavy atom. The van der Waals surface area contributed by atoms with Gasteiger partial charge in [0, 0.05) is 0 Å². The summed E-state index contributed by atoms with van der Waals surface area (Å²) in [7, 11) is -8.10. The third-order valence-corrected chi connectivity index (χ3v) is 4.12. The predicted octanol–water partition coefficient (Wildman–Crippen LogP) is 2.57. The Morgan fingerprint density at radius 3 is 0.897 bits per heavy atom. The molecule has 0 amide bonds. The van der Waals surface area contributed by atoms with Crippen molar-refractivity contribution in [1.82, 2.24) is 0 Å². The average molecular weight is 686 g/mol. The fraction of sp³-hybridized carbons (Fsp3) is 1.00. The summed E-state index contributed by atoms with van der Waals surface area (Å²) in [5.41, 5.74) is 0. The van der Waals surface area contributed by atoms with Gasteiger partial charge in [-0.05, 0) is 0 Å². The summed E-state index contributed by atoms with van der Waals surface area (Å²) in [4.78, 5) is 0. The van der Waals surface area contributed by atoms with Crippen LogP contribution in [0, 0.1) is 0 Å². The molecule has 0 spiro atoms. The SMILES string of the molecule is O=S(=O)([O-])C(F)(F)C(F)(F)OC(F)(C(F)(F)F)C(F)(F)OC(F)(C(F)(F)F)C(F)(F)OC(F)(F)C(F)(F)F.[K+]. The van der Waals surface area contributed by atoms with E-state index in [-0.39, 0.29) is 51.4 Å². The largest absolute Gasteiger partial charge is 1.00 e. The first-order chi connectivity index (χ1) is 15.9. The van der Waals surface area contributed by atoms with Crippen molar-refractivity contribution < 1.29 is 171 Å². The number of rotatable bonds is 10. The van der Waals surface area contributed by atoms with Gasteiger partial charge in [-0.1, -0.05) is 0 Å². The third-order valence-electron chi connectivity index (χ3n) is 3.25. The number of hydrogen-bond acceptors (Lipinski definition) is 6. The first-order valence-corrected chi connectivity index (χ1v) is 8.81. The Morgan fingerprint density at radius 2 is 0.667 bits per heavy atom. The zero-order chi connectivity index (χ0) is 31.6. The van der Waals surface area contributed by atoms with Gasteiger partial charge in [0.2, 0.25) is 0 Å². The summed E-state index contributed by atoms with van der Waals surface area (Å²) < 4.78 is 303. The molecule has 2 atom stereocenters. The summed E-state index contributed by atoms with van der Waals surface area (Å²) in [6, 6.07) is 0. The van der Waals surface area contributed by atoms with Crippen molar-refractivity contribution in [3.05, 3.63) is 0 Å². The van der Waals surface area contributed by atoms with Crippen LogP contribution in [0.2, 0.25) is 0 Å². The molecule has 0 aromatic heterocycles. The van der Waals surface area contributed by atoms with E-state index in [1.165, 1.54) is 0 Å². The Kier molecular flexibility index (Phi) is 11.5. The van der Waals surface area contributed by atoms with E-state index in [0.29, 0.717) is 0 Å². The van der Waals surface area contributed by atoms with Gasteiger partial charge in [-0.25, -0.2) is 13.2 Å². The molecule has 0 aromatic rings. The van der Waals surface area contributed by atoms with Crippen molar-refractivity contribution in [3.63, 3.8) is 0 Å². The molecule has 29 heteroatoms. The van der Waals surface area contributed by atoms with Gasteiger partial charge in [-0.15, -0.1) is 0 Å². The maximum Gasteiger partial charge on any atom is 1.00 e. The standard InChI is InChI=1S/C10HF21O6S.K/c11-1(3(13,14)15,36-9(28,29)10(30,31)38(32,33)34)6(22,23)35-2(12,4(16,17)18)7(24,25)37-8(26,27)5(19,20)21;/h(H,32,33,34);/q;+1/p-1. The van der Waals surface area contributed by atoms with Crippen LogP contribution in [0.5, 0.6) is 0 Å². The molecular formula is C10F21KO6S. The summed E-state index contributed by atoms with van der Waals surface area (Å²) in [6.07, 6.45) is -57.1. The molecule has 230 valence electrons. The van der Waals surface area contributed by atoms with E-state index in [4.69, 9.17) is 0 Å². The zero-order valence-corrected chi connectivity index (χ0v) is 20.7. The fourth-order valence-electron chi connectivity index (χ4n) is 1.47. The van der Waals surface area contributed by atoms with E-state index >= 15 is 0 Å². The summed E-state index contributed by atoms with van der Waals surface area (Å²) in [5.74, 6) is -17.1. The monoisotopic (exact) mass is 686 g/mol. The second kappa shape index (κ2) is 10.9. The van der Waals surface area contributed by atoms with Gasteiger partial charge < -0.3 is 4.55 Å². The van der Waals surface area contributed by atoms with Gasteiger partial charge in [-0.2, -0.15) is 92.2 Å². The van der Waals surface area contributed by atoms with Crippen LogP contribution < -0.4 is 51.4 Å². The van der Waals surface area contributed by atoms with Crippen LogP contribution in [0.3, 0.4) is 0 Å². The molecule has 0 aliphatic rings. The number of ether oxygens (including phenoxy) is 3. The second-order valence-corrected chi connectivity index (χ2v) is 7.45. The first-order valence-electron chi connectivity index (χ1n) is 7.40. The van der Waals surface area contributed by atoms with Crippen LogP contribution in [0.25, 0.3) is 0 Å². The van der Waals surface area contributed by atoms with E-state index in [1.807, 2.05) is 0 Å². The van der Waals surface area contributed by atoms with Gasteiger partial charge in [0.1, 0.15) is 0 Å². The fourth-order valence-corrected chi connectivity index (χ4v) is 1.81. The maximum atomic E-state index is 13.8. The van der Waals surface area contributed by atoms with E-state index in [9.17, 15) is 105 Å². The van der Waals surface area contributed by atoms with Gasteiger partial charge >= 0.3 is 111 Å². The maximum absolute atomic E-state index is 13.8. The molecule has 0 saturated heterocycles. The summed E-state index contributed by atoms with van der Waals surface area (Å²) >= 11 is 0. The van der Waals surface area contributed by atoms with Crippen LogP contribution in [-0.2, 0) is 24.3 Å². The molecule has 0 rings (SSSR count). The van der Waals surface area contributed by atoms with Gasteiger partial charge in [0.05, 0.1) is 0 Å². The third kappa shape index (κ3) is 7.49. The number of hydrogen-bond donors (Lipinski definition) is 0. The molecular weight excluding hydrogens is 686 g/mol. The molecule has 0 aliphatic carbocycles. The van der Waals surface area contributed by atoms with E-state index in [0.717, 1.165) is 14.2 Å². The minimum absolute atomic E-state index is 0. The molecule has 0 N–H and O–H groups in total. The Bertz CT molecular complexity index is 971. The van der Waals surface area contributed by atoms with Crippen molar-refractivity contribution in [2.45, 2.75) is 59.9 Å². The Labute approximate surface area is 239 Å². The minimum atomic E-state index is -8.66. The quantitative estimate of drug-likeness (QED) is 0.200. The minimum Gasteiger partial charge on any atom is -0.743 e. The van der Waals surface area contributed by atoms with Crippen LogP contribution in [0.15, 0.2) is 0 Å². The summed E-state index contributed by atoms with van der Waals surface area (Å²) in [5, 5.41) is -7.78. The molecule has 0 bridgehead atoms. The molecule has 2 unspecified atom stereocenters. The van der Waals surface area contributed by atoms with Gasteiger partial charge in [0.25, 0.3) is 0 Å². The second-order valence-electron chi connectivity index (χ2n) is 6.03. The molecule has 6 nitrogen and oxygen atoms in total. The molecule has 0 aromatic carbocycles. The molecule has 0 heterocycles. The van der Waals surface area contributed by atoms with E-state index < -0.39 is 70.0 Å². The van der Waals surface area contributed by atoms with Crippen molar-refractivity contribution in [3.8, 4) is 0 Å². The zero-order valence-electron chi connectivity index (χ0n) is 16.8. The van der Waals surface area contributed by atoms with Crippen molar-refractivity contribution in [2.75, 3.05) is 0 Å². The molecule has 39 heavy (non-hydrogen) atoms. The smallest absolute Gasteiger partial charge is 0.743 e. The van der Waals surface area contributed by atoms with Crippen LogP contribution >= 0.6 is 0 Å². The van der Waals surface area contributed by atoms with Crippen LogP contribution in [0.1, 0.15) is 0 Å². The Hall–Kier alpha value is -0.0436. The van der Waals surface area contributed by atoms with E-state index in [2.05, 4.69) is 0 Å². The predicted molar refractivity (Wildman–Crippen MR) is 63.5 cm³/mol.